The fourth-order valence-corrected chi connectivity index (χ4v) is 4.58. The number of aromatic hydroxyl groups is 1. The van der Waals surface area contributed by atoms with Crippen molar-refractivity contribution in [3.63, 3.8) is 0 Å². The number of aryl methyl sites for hydroxylation is 1. The number of hydrogen-bond donors (Lipinski definition) is 2. The highest BCUT2D eigenvalue weighted by Gasteiger charge is 2.30. The third kappa shape index (κ3) is 4.78. The van der Waals surface area contributed by atoms with Gasteiger partial charge in [-0.25, -0.2) is 4.58 Å². The van der Waals surface area contributed by atoms with E-state index in [0.29, 0.717) is 29.2 Å². The maximum Gasteiger partial charge on any atom is 0.242 e. The van der Waals surface area contributed by atoms with Gasteiger partial charge in [0.2, 0.25) is 17.4 Å². The Morgan fingerprint density at radius 1 is 1.03 bits per heavy atom. The summed E-state index contributed by atoms with van der Waals surface area (Å²) < 4.78 is 29.7. The van der Waals surface area contributed by atoms with Gasteiger partial charge in [0.15, 0.2) is 23.8 Å². The molecule has 0 aromatic heterocycles. The van der Waals surface area contributed by atoms with E-state index in [0.717, 1.165) is 35.1 Å². The van der Waals surface area contributed by atoms with Crippen LogP contribution < -0.4 is 29.5 Å². The van der Waals surface area contributed by atoms with E-state index in [4.69, 9.17) is 23.7 Å². The molecule has 0 spiro atoms. The maximum atomic E-state index is 11.1. The fourth-order valence-electron chi connectivity index (χ4n) is 4.58. The van der Waals surface area contributed by atoms with Crippen molar-refractivity contribution in [2.24, 2.45) is 0 Å². The number of ether oxygens (including phenoxy) is 5. The molecule has 8 nitrogen and oxygen atoms in total. The fraction of sp³-hybridized carbons (Fsp3) is 0.480. The molecule has 3 rings (SSSR count). The van der Waals surface area contributed by atoms with Gasteiger partial charge in [0.05, 0.1) is 28.4 Å². The van der Waals surface area contributed by atoms with Crippen LogP contribution in [0.4, 0.5) is 0 Å². The number of rotatable bonds is 8. The van der Waals surface area contributed by atoms with Gasteiger partial charge in [0.25, 0.3) is 0 Å². The summed E-state index contributed by atoms with van der Waals surface area (Å²) in [5, 5.41) is 14.0. The van der Waals surface area contributed by atoms with Crippen LogP contribution in [0, 0.1) is 0 Å². The molecule has 1 aliphatic rings. The second kappa shape index (κ2) is 10.9. The molecule has 2 aromatic carbocycles. The molecular formula is C25H36N2O6+2. The lowest BCUT2D eigenvalue weighted by molar-refractivity contribution is -0.670. The zero-order valence-electron chi connectivity index (χ0n) is 20.6. The Hall–Kier alpha value is -2.81. The zero-order valence-corrected chi connectivity index (χ0v) is 20.6. The normalized spacial score (nSPS) is 15.9. The molecule has 3 N–H and O–H groups in total. The van der Waals surface area contributed by atoms with Crippen LogP contribution in [-0.4, -0.2) is 67.6 Å². The molecule has 0 aliphatic heterocycles. The standard InChI is InChI=1S/C25H34N2O6/c1-26-18-10-8-15-12-21(29-3)24(32-6)25(33-7)23(15)16-9-11-19(20(28)13-17(16)18)27(2)14-22(30-4)31-5/h9,11-13,18,22,26H,8,10,14H2,1-7H3/p+2/t18-/m0/s1. The van der Waals surface area contributed by atoms with Gasteiger partial charge in [0.1, 0.15) is 13.1 Å². The third-order valence-corrected chi connectivity index (χ3v) is 6.34. The van der Waals surface area contributed by atoms with Crippen molar-refractivity contribution in [1.29, 1.82) is 0 Å². The van der Waals surface area contributed by atoms with E-state index in [1.165, 1.54) is 0 Å². The lowest BCUT2D eigenvalue weighted by Crippen LogP contribution is -2.81. The molecular weight excluding hydrogens is 424 g/mol. The summed E-state index contributed by atoms with van der Waals surface area (Å²) in [6.45, 7) is 0.462. The minimum absolute atomic E-state index is 0.163. The second-order valence-electron chi connectivity index (χ2n) is 8.06. The van der Waals surface area contributed by atoms with Gasteiger partial charge in [-0.05, 0) is 35.7 Å². The molecule has 180 valence electrons. The number of methoxy groups -OCH3 is 5. The second-order valence-corrected chi connectivity index (χ2v) is 8.06. The van der Waals surface area contributed by atoms with Gasteiger partial charge in [-0.2, -0.15) is 0 Å². The number of nitrogens with zero attached hydrogens (tertiary/aromatic N) is 1. The topological polar surface area (TPSA) is 86.0 Å². The van der Waals surface area contributed by atoms with Crippen LogP contribution in [-0.2, 0) is 15.9 Å². The Morgan fingerprint density at radius 2 is 1.73 bits per heavy atom. The summed E-state index contributed by atoms with van der Waals surface area (Å²) in [5.74, 6) is 2.02. The lowest BCUT2D eigenvalue weighted by atomic mass is 9.95. The van der Waals surface area contributed by atoms with Gasteiger partial charge in [-0.1, -0.05) is 0 Å². The molecule has 0 unspecified atom stereocenters. The average molecular weight is 461 g/mol. The van der Waals surface area contributed by atoms with Crippen LogP contribution in [0.1, 0.15) is 23.6 Å². The minimum atomic E-state index is -0.410. The summed E-state index contributed by atoms with van der Waals surface area (Å²) >= 11 is 0. The zero-order chi connectivity index (χ0) is 24.1. The first-order valence-corrected chi connectivity index (χ1v) is 11.0. The van der Waals surface area contributed by atoms with Gasteiger partial charge in [-0.3, -0.25) is 0 Å². The largest absolute Gasteiger partial charge is 0.502 e. The third-order valence-electron chi connectivity index (χ3n) is 6.34. The highest BCUT2D eigenvalue weighted by atomic mass is 16.7. The molecule has 0 fully saturated rings. The predicted molar refractivity (Wildman–Crippen MR) is 126 cm³/mol. The Balaban J connectivity index is 2.36. The van der Waals surface area contributed by atoms with Crippen molar-refractivity contribution < 1.29 is 34.1 Å². The van der Waals surface area contributed by atoms with Gasteiger partial charge >= 0.3 is 0 Å². The van der Waals surface area contributed by atoms with Gasteiger partial charge in [0, 0.05) is 37.8 Å². The van der Waals surface area contributed by atoms with Crippen LogP contribution in [0.2, 0.25) is 0 Å². The first-order valence-electron chi connectivity index (χ1n) is 11.0. The Labute approximate surface area is 195 Å². The number of nitrogens with two attached hydrogens (primary N) is 1. The van der Waals surface area contributed by atoms with Crippen LogP contribution in [0.15, 0.2) is 24.3 Å². The quantitative estimate of drug-likeness (QED) is 0.456. The highest BCUT2D eigenvalue weighted by Crippen LogP contribution is 2.49. The summed E-state index contributed by atoms with van der Waals surface area (Å²) in [6.07, 6.45) is 1.34. The van der Waals surface area contributed by atoms with E-state index in [1.807, 2.05) is 35.9 Å². The van der Waals surface area contributed by atoms with Gasteiger partial charge < -0.3 is 34.1 Å². The van der Waals surface area contributed by atoms with Gasteiger partial charge in [-0.15, -0.1) is 0 Å². The van der Waals surface area contributed by atoms with Crippen LogP contribution in [0.5, 0.6) is 23.0 Å². The number of quaternary nitrogens is 1. The van der Waals surface area contributed by atoms with E-state index >= 15 is 0 Å². The van der Waals surface area contributed by atoms with Crippen LogP contribution in [0.3, 0.4) is 0 Å². The first kappa shape index (κ1) is 24.8. The number of benzene rings is 1. The highest BCUT2D eigenvalue weighted by molar-refractivity contribution is 5.82. The molecule has 0 bridgehead atoms. The first-order chi connectivity index (χ1) is 15.9. The summed E-state index contributed by atoms with van der Waals surface area (Å²) in [7, 11) is 12.0. The molecule has 0 amide bonds. The Bertz CT molecular complexity index is 1070. The Morgan fingerprint density at radius 3 is 2.30 bits per heavy atom. The lowest BCUT2D eigenvalue weighted by Gasteiger charge is -2.19. The molecule has 1 aliphatic carbocycles. The van der Waals surface area contributed by atoms with Crippen LogP contribution >= 0.6 is 0 Å². The SMILES string of the molecule is C[NH2+][C@H]1CCc2cc(OC)c(OC)c(OC)c2-c2ccc(=[N+](C)CC(OC)OC)c(O)cc21. The van der Waals surface area contributed by atoms with Crippen molar-refractivity contribution in [2.75, 3.05) is 56.2 Å². The monoisotopic (exact) mass is 460 g/mol. The van der Waals surface area contributed by atoms with E-state index in [9.17, 15) is 5.11 Å². The molecule has 33 heavy (non-hydrogen) atoms. The number of fused-ring (bicyclic) bond motifs is 3. The van der Waals surface area contributed by atoms with Crippen molar-refractivity contribution in [2.45, 2.75) is 25.2 Å². The van der Waals surface area contributed by atoms with E-state index in [1.54, 1.807) is 35.5 Å². The molecule has 1 atom stereocenters. The van der Waals surface area contributed by atoms with E-state index in [-0.39, 0.29) is 11.8 Å². The Kier molecular flexibility index (Phi) is 8.18. The number of hydrogen-bond acceptors (Lipinski definition) is 6. The maximum absolute atomic E-state index is 11.1. The molecule has 0 saturated heterocycles. The van der Waals surface area contributed by atoms with Crippen molar-refractivity contribution in [1.82, 2.24) is 4.58 Å². The molecule has 0 saturated carbocycles. The van der Waals surface area contributed by atoms with Crippen molar-refractivity contribution >= 4 is 0 Å². The number of likely N-dealkylation sites (N-methyl/N-ethyl adjacent to an activating group) is 1. The molecule has 0 heterocycles. The van der Waals surface area contributed by atoms with Crippen molar-refractivity contribution in [3.8, 4) is 34.1 Å². The minimum Gasteiger partial charge on any atom is -0.502 e. The van der Waals surface area contributed by atoms with Crippen molar-refractivity contribution in [3.05, 3.63) is 40.7 Å². The molecule has 2 aromatic rings. The van der Waals surface area contributed by atoms with E-state index < -0.39 is 6.29 Å². The average Bonchev–Trinajstić information content (AvgIpc) is 3.08. The van der Waals surface area contributed by atoms with Crippen LogP contribution in [0.25, 0.3) is 11.1 Å². The molecule has 8 heteroatoms. The predicted octanol–water partition coefficient (Wildman–Crippen LogP) is 1.29. The molecule has 0 radical (unpaired) electrons. The summed E-state index contributed by atoms with van der Waals surface area (Å²) in [6, 6.07) is 8.03. The smallest absolute Gasteiger partial charge is 0.242 e. The summed E-state index contributed by atoms with van der Waals surface area (Å²) in [5.41, 5.74) is 4.11. The van der Waals surface area contributed by atoms with E-state index in [2.05, 4.69) is 12.4 Å². The summed E-state index contributed by atoms with van der Waals surface area (Å²) in [4.78, 5) is 0.